The van der Waals surface area contributed by atoms with Gasteiger partial charge in [0.2, 0.25) is 0 Å². The van der Waals surface area contributed by atoms with Gasteiger partial charge in [-0.15, -0.1) is 0 Å². The van der Waals surface area contributed by atoms with Gasteiger partial charge in [-0.3, -0.25) is 13.8 Å². The normalized spacial score (nSPS) is 22.5. The number of phosphoric acid groups is 1. The monoisotopic (exact) mass is 899 g/mol. The van der Waals surface area contributed by atoms with Crippen molar-refractivity contribution in [2.24, 2.45) is 0 Å². The van der Waals surface area contributed by atoms with E-state index in [2.05, 4.69) is 74.6 Å². The Morgan fingerprint density at radius 2 is 0.952 bits per heavy atom. The summed E-state index contributed by atoms with van der Waals surface area (Å²) in [5.74, 6) is -0.488. The molecule has 0 aromatic rings. The van der Waals surface area contributed by atoms with E-state index in [1.807, 2.05) is 0 Å². The molecule has 1 rings (SSSR count). The first kappa shape index (κ1) is 58.1. The molecule has 1 aliphatic carbocycles. The molecule has 0 bridgehead atoms. The van der Waals surface area contributed by atoms with Crippen LogP contribution in [0, 0.1) is 0 Å². The molecule has 0 aromatic carbocycles. The van der Waals surface area contributed by atoms with Crippen LogP contribution in [0.25, 0.3) is 0 Å². The van der Waals surface area contributed by atoms with E-state index in [0.29, 0.717) is 13.0 Å². The minimum absolute atomic E-state index is 0.0895. The van der Waals surface area contributed by atoms with Gasteiger partial charge in [0.15, 0.2) is 0 Å². The molecule has 6 atom stereocenters. The first-order valence-electron chi connectivity index (χ1n) is 24.1. The minimum atomic E-state index is -5.03. The summed E-state index contributed by atoms with van der Waals surface area (Å²) in [6.45, 7) is 4.09. The molecule has 0 saturated heterocycles. The molecular weight excluding hydrogens is 812 g/mol. The van der Waals surface area contributed by atoms with Crippen LogP contribution in [0.5, 0.6) is 0 Å². The smallest absolute Gasteiger partial charge is 0.457 e. The first-order chi connectivity index (χ1) is 30.0. The Morgan fingerprint density at radius 3 is 1.45 bits per heavy atom. The van der Waals surface area contributed by atoms with E-state index < -0.39 is 63.1 Å². The van der Waals surface area contributed by atoms with Crippen molar-refractivity contribution in [2.45, 2.75) is 224 Å². The fourth-order valence-electron chi connectivity index (χ4n) is 7.05. The maximum Gasteiger partial charge on any atom is 0.472 e. The third-order valence-corrected chi connectivity index (χ3v) is 11.9. The SMILES string of the molecule is CC/C=C\C/C=C\C/C=C\CCCCCCCCOCC(COP(=O)(O)OC1C(O)C(O)C(O)C(O)C1O)OC(=O)CCCCCCCCCCC/C=C\C/C=C\CCCCC. The van der Waals surface area contributed by atoms with Gasteiger partial charge in [0.05, 0.1) is 13.2 Å². The van der Waals surface area contributed by atoms with Crippen LogP contribution in [0.1, 0.15) is 181 Å². The number of carbonyl (C=O) groups excluding carboxylic acids is 1. The number of carbonyl (C=O) groups is 1. The fraction of sp³-hybridized carbons (Fsp3) is 0.776. The minimum Gasteiger partial charge on any atom is -0.457 e. The summed E-state index contributed by atoms with van der Waals surface area (Å²) in [4.78, 5) is 23.2. The molecule has 13 heteroatoms. The molecular formula is C49H87O12P. The topological polar surface area (TPSA) is 192 Å². The maximum absolute atomic E-state index is 12.8. The Hall–Kier alpha value is -1.96. The van der Waals surface area contributed by atoms with E-state index in [-0.39, 0.29) is 13.0 Å². The van der Waals surface area contributed by atoms with Crippen LogP contribution in [0.2, 0.25) is 0 Å². The number of hydrogen-bond acceptors (Lipinski definition) is 11. The molecule has 62 heavy (non-hydrogen) atoms. The number of esters is 1. The van der Waals surface area contributed by atoms with Crippen LogP contribution >= 0.6 is 7.82 Å². The average molecular weight is 899 g/mol. The Morgan fingerprint density at radius 1 is 0.532 bits per heavy atom. The van der Waals surface area contributed by atoms with E-state index in [1.54, 1.807) is 0 Å². The Bertz CT molecular complexity index is 1250. The highest BCUT2D eigenvalue weighted by atomic mass is 31.2. The lowest BCUT2D eigenvalue weighted by atomic mass is 9.85. The number of aliphatic hydroxyl groups is 5. The van der Waals surface area contributed by atoms with Crippen LogP contribution in [-0.4, -0.2) is 98.9 Å². The highest BCUT2D eigenvalue weighted by molar-refractivity contribution is 7.47. The standard InChI is InChI=1S/C49H87O12P/c1-3-5-7-9-11-13-15-17-19-21-22-23-24-26-28-30-32-34-36-38-43(50)60-42(41-59-62(56,57)61-49-47(54)45(52)44(51)46(53)48(49)55)40-58-39-37-35-33-31-29-27-25-20-18-16-14-12-10-8-6-4-2/h6,8,11-14,17-20,42,44-49,51-55H,3-5,7,9-10,15-16,21-41H2,1-2H3,(H,56,57)/b8-6-,13-11-,14-12-,19-17-,20-18-. The van der Waals surface area contributed by atoms with Gasteiger partial charge in [0.25, 0.3) is 0 Å². The summed E-state index contributed by atoms with van der Waals surface area (Å²) in [5, 5.41) is 50.2. The second-order valence-electron chi connectivity index (χ2n) is 16.6. The van der Waals surface area contributed by atoms with Gasteiger partial charge in [0.1, 0.15) is 42.7 Å². The van der Waals surface area contributed by atoms with Crippen LogP contribution in [-0.2, 0) is 27.9 Å². The summed E-state index contributed by atoms with van der Waals surface area (Å²) < 4.78 is 34.2. The van der Waals surface area contributed by atoms with E-state index in [4.69, 9.17) is 18.5 Å². The lowest BCUT2D eigenvalue weighted by Crippen LogP contribution is -2.64. The summed E-state index contributed by atoms with van der Waals surface area (Å²) in [5.41, 5.74) is 0. The number of hydrogen-bond donors (Lipinski definition) is 6. The van der Waals surface area contributed by atoms with Gasteiger partial charge in [0, 0.05) is 13.0 Å². The van der Waals surface area contributed by atoms with Crippen molar-refractivity contribution in [3.05, 3.63) is 60.8 Å². The highest BCUT2D eigenvalue weighted by Gasteiger charge is 2.51. The second kappa shape index (κ2) is 39.4. The quantitative estimate of drug-likeness (QED) is 0.0148. The van der Waals surface area contributed by atoms with E-state index >= 15 is 0 Å². The van der Waals surface area contributed by atoms with Crippen molar-refractivity contribution < 1.29 is 58.3 Å². The molecule has 6 N–H and O–H groups in total. The van der Waals surface area contributed by atoms with Crippen molar-refractivity contribution in [1.82, 2.24) is 0 Å². The van der Waals surface area contributed by atoms with Crippen molar-refractivity contribution >= 4 is 13.8 Å². The van der Waals surface area contributed by atoms with E-state index in [1.165, 1.54) is 57.8 Å². The largest absolute Gasteiger partial charge is 0.472 e. The van der Waals surface area contributed by atoms with Crippen LogP contribution in [0.3, 0.4) is 0 Å². The van der Waals surface area contributed by atoms with Crippen LogP contribution in [0.4, 0.5) is 0 Å². The predicted molar refractivity (Wildman–Crippen MR) is 248 cm³/mol. The fourth-order valence-corrected chi connectivity index (χ4v) is 8.02. The molecule has 0 aliphatic heterocycles. The maximum atomic E-state index is 12.8. The number of aliphatic hydroxyl groups excluding tert-OH is 5. The van der Waals surface area contributed by atoms with Crippen molar-refractivity contribution in [3.8, 4) is 0 Å². The van der Waals surface area contributed by atoms with Crippen molar-refractivity contribution in [1.29, 1.82) is 0 Å². The van der Waals surface area contributed by atoms with Crippen molar-refractivity contribution in [2.75, 3.05) is 19.8 Å². The van der Waals surface area contributed by atoms with Gasteiger partial charge >= 0.3 is 13.8 Å². The Balaban J connectivity index is 2.38. The molecule has 0 heterocycles. The molecule has 360 valence electrons. The first-order valence-corrected chi connectivity index (χ1v) is 25.6. The lowest BCUT2D eigenvalue weighted by Gasteiger charge is -2.41. The summed E-state index contributed by atoms with van der Waals surface area (Å²) in [6, 6.07) is 0. The average Bonchev–Trinajstić information content (AvgIpc) is 3.26. The zero-order valence-electron chi connectivity index (χ0n) is 38.4. The molecule has 0 spiro atoms. The number of unbranched alkanes of at least 4 members (excludes halogenated alkanes) is 18. The lowest BCUT2D eigenvalue weighted by molar-refractivity contribution is -0.220. The summed E-state index contributed by atoms with van der Waals surface area (Å²) >= 11 is 0. The number of rotatable bonds is 40. The molecule has 0 aromatic heterocycles. The zero-order chi connectivity index (χ0) is 45.5. The van der Waals surface area contributed by atoms with Gasteiger partial charge in [-0.1, -0.05) is 158 Å². The number of allylic oxidation sites excluding steroid dienone is 10. The van der Waals surface area contributed by atoms with Crippen LogP contribution in [0.15, 0.2) is 60.8 Å². The number of phosphoric ester groups is 1. The van der Waals surface area contributed by atoms with E-state index in [0.717, 1.165) is 96.3 Å². The molecule has 0 amide bonds. The second-order valence-corrected chi connectivity index (χ2v) is 18.0. The predicted octanol–water partition coefficient (Wildman–Crippen LogP) is 10.2. The zero-order valence-corrected chi connectivity index (χ0v) is 39.3. The molecule has 1 aliphatic rings. The van der Waals surface area contributed by atoms with Gasteiger partial charge in [-0.05, 0) is 77.0 Å². The third-order valence-electron chi connectivity index (χ3n) is 10.9. The Labute approximate surface area is 375 Å². The summed E-state index contributed by atoms with van der Waals surface area (Å²) in [7, 11) is -5.03. The van der Waals surface area contributed by atoms with Gasteiger partial charge in [-0.25, -0.2) is 4.57 Å². The van der Waals surface area contributed by atoms with Crippen LogP contribution < -0.4 is 0 Å². The molecule has 6 unspecified atom stereocenters. The van der Waals surface area contributed by atoms with Crippen molar-refractivity contribution in [3.63, 3.8) is 0 Å². The molecule has 1 saturated carbocycles. The van der Waals surface area contributed by atoms with Gasteiger partial charge < -0.3 is 39.9 Å². The summed E-state index contributed by atoms with van der Waals surface area (Å²) in [6.07, 6.45) is 37.1. The number of ether oxygens (including phenoxy) is 2. The van der Waals surface area contributed by atoms with Gasteiger partial charge in [-0.2, -0.15) is 0 Å². The molecule has 12 nitrogen and oxygen atoms in total. The third kappa shape index (κ3) is 31.0. The molecule has 0 radical (unpaired) electrons. The van der Waals surface area contributed by atoms with E-state index in [9.17, 15) is 39.8 Å². The highest BCUT2D eigenvalue weighted by Crippen LogP contribution is 2.47. The Kier molecular flexibility index (Phi) is 36.9. The molecule has 1 fully saturated rings.